The number of hydrogen-bond acceptors (Lipinski definition) is 5. The summed E-state index contributed by atoms with van der Waals surface area (Å²) in [5, 5.41) is 9.25. The van der Waals surface area contributed by atoms with Gasteiger partial charge in [0.15, 0.2) is 5.78 Å². The van der Waals surface area contributed by atoms with Gasteiger partial charge in [0.2, 0.25) is 10.0 Å². The molecule has 1 heterocycles. The zero-order chi connectivity index (χ0) is 18.6. The first-order valence-electron chi connectivity index (χ1n) is 8.16. The summed E-state index contributed by atoms with van der Waals surface area (Å²) >= 11 is 0. The highest BCUT2D eigenvalue weighted by Gasteiger charge is 2.26. The Morgan fingerprint density at radius 1 is 1.00 bits per heavy atom. The Bertz CT molecular complexity index is 896. The Morgan fingerprint density at radius 2 is 1.62 bits per heavy atom. The van der Waals surface area contributed by atoms with Gasteiger partial charge in [0, 0.05) is 18.7 Å². The summed E-state index contributed by atoms with van der Waals surface area (Å²) in [4.78, 5) is 12.4. The molecule has 1 aliphatic rings. The fourth-order valence-electron chi connectivity index (χ4n) is 2.58. The third kappa shape index (κ3) is 4.19. The summed E-state index contributed by atoms with van der Waals surface area (Å²) in [6.07, 6.45) is 3.05. The molecular weight excluding hydrogens is 354 g/mol. The lowest BCUT2D eigenvalue weighted by Gasteiger charge is -2.26. The number of nitrogens with zero attached hydrogens (tertiary/aromatic N) is 1. The summed E-state index contributed by atoms with van der Waals surface area (Å²) in [6.45, 7) is 1.44. The third-order valence-corrected chi connectivity index (χ3v) is 5.98. The van der Waals surface area contributed by atoms with Gasteiger partial charge >= 0.3 is 0 Å². The highest BCUT2D eigenvalue weighted by molar-refractivity contribution is 7.89. The van der Waals surface area contributed by atoms with Crippen LogP contribution in [-0.4, -0.2) is 49.9 Å². The van der Waals surface area contributed by atoms with E-state index in [0.717, 1.165) is 5.56 Å². The second-order valence-corrected chi connectivity index (χ2v) is 7.77. The summed E-state index contributed by atoms with van der Waals surface area (Å²) in [5.74, 6) is -0.0704. The summed E-state index contributed by atoms with van der Waals surface area (Å²) in [6, 6.07) is 12.4. The molecule has 136 valence electrons. The van der Waals surface area contributed by atoms with Crippen molar-refractivity contribution in [1.82, 2.24) is 4.31 Å². The van der Waals surface area contributed by atoms with Gasteiger partial charge in [0.1, 0.15) is 5.75 Å². The van der Waals surface area contributed by atoms with Crippen molar-refractivity contribution in [2.45, 2.75) is 4.90 Å². The van der Waals surface area contributed by atoms with E-state index in [2.05, 4.69) is 0 Å². The van der Waals surface area contributed by atoms with Crippen molar-refractivity contribution in [3.05, 3.63) is 65.7 Å². The predicted molar refractivity (Wildman–Crippen MR) is 97.5 cm³/mol. The van der Waals surface area contributed by atoms with Gasteiger partial charge < -0.3 is 9.84 Å². The van der Waals surface area contributed by atoms with Crippen LogP contribution >= 0.6 is 0 Å². The van der Waals surface area contributed by atoms with Crippen LogP contribution in [0.5, 0.6) is 5.75 Å². The molecule has 2 aromatic rings. The van der Waals surface area contributed by atoms with Crippen molar-refractivity contribution >= 4 is 21.9 Å². The zero-order valence-corrected chi connectivity index (χ0v) is 14.9. The minimum absolute atomic E-state index is 0.158. The molecule has 0 amide bonds. The number of sulfonamides is 1. The molecule has 0 atom stereocenters. The van der Waals surface area contributed by atoms with Crippen LogP contribution in [0.2, 0.25) is 0 Å². The third-order valence-electron chi connectivity index (χ3n) is 4.07. The van der Waals surface area contributed by atoms with Gasteiger partial charge in [-0.2, -0.15) is 4.31 Å². The van der Waals surface area contributed by atoms with Crippen LogP contribution in [0.25, 0.3) is 6.08 Å². The van der Waals surface area contributed by atoms with Crippen LogP contribution in [0, 0.1) is 0 Å². The highest BCUT2D eigenvalue weighted by Crippen LogP contribution is 2.18. The summed E-state index contributed by atoms with van der Waals surface area (Å²) in [5.41, 5.74) is 1.18. The minimum Gasteiger partial charge on any atom is -0.508 e. The molecule has 2 aromatic carbocycles. The number of hydrogen-bond donors (Lipinski definition) is 1. The first kappa shape index (κ1) is 18.3. The van der Waals surface area contributed by atoms with Crippen LogP contribution < -0.4 is 0 Å². The maximum atomic E-state index is 12.6. The molecule has 0 spiro atoms. The molecule has 26 heavy (non-hydrogen) atoms. The molecule has 0 radical (unpaired) electrons. The van der Waals surface area contributed by atoms with Crippen LogP contribution in [0.3, 0.4) is 0 Å². The summed E-state index contributed by atoms with van der Waals surface area (Å²) < 4.78 is 31.7. The number of carbonyl (C=O) groups is 1. The fraction of sp³-hybridized carbons (Fsp3) is 0.211. The largest absolute Gasteiger partial charge is 0.508 e. The highest BCUT2D eigenvalue weighted by atomic mass is 32.2. The van der Waals surface area contributed by atoms with E-state index >= 15 is 0 Å². The maximum Gasteiger partial charge on any atom is 0.243 e. The smallest absolute Gasteiger partial charge is 0.243 e. The molecule has 3 rings (SSSR count). The number of phenols is 1. The van der Waals surface area contributed by atoms with Crippen LogP contribution in [-0.2, 0) is 14.8 Å². The lowest BCUT2D eigenvalue weighted by molar-refractivity contribution is 0.0730. The van der Waals surface area contributed by atoms with Crippen molar-refractivity contribution in [1.29, 1.82) is 0 Å². The molecule has 0 unspecified atom stereocenters. The molecule has 6 nitrogen and oxygen atoms in total. The van der Waals surface area contributed by atoms with E-state index < -0.39 is 10.0 Å². The van der Waals surface area contributed by atoms with Gasteiger partial charge in [-0.05, 0) is 48.0 Å². The number of benzene rings is 2. The molecule has 1 aliphatic heterocycles. The standard InChI is InChI=1S/C19H19NO5S/c21-17-6-1-15(2-7-17)3-10-19(22)16-4-8-18(9-5-16)26(23,24)20-11-13-25-14-12-20/h1-10,21H,11-14H2/b10-3-. The van der Waals surface area contributed by atoms with Gasteiger partial charge in [-0.25, -0.2) is 8.42 Å². The second kappa shape index (κ2) is 7.82. The SMILES string of the molecule is O=C(/C=C\c1ccc(O)cc1)c1ccc(S(=O)(=O)N2CCOCC2)cc1. The van der Waals surface area contributed by atoms with Crippen molar-refractivity contribution in [3.8, 4) is 5.75 Å². The first-order chi connectivity index (χ1) is 12.5. The minimum atomic E-state index is -3.56. The Morgan fingerprint density at radius 3 is 2.23 bits per heavy atom. The topological polar surface area (TPSA) is 83.9 Å². The average Bonchev–Trinajstić information content (AvgIpc) is 2.68. The van der Waals surface area contributed by atoms with E-state index in [4.69, 9.17) is 4.74 Å². The normalized spacial score (nSPS) is 16.0. The fourth-order valence-corrected chi connectivity index (χ4v) is 3.99. The average molecular weight is 373 g/mol. The van der Waals surface area contributed by atoms with Crippen molar-refractivity contribution in [2.75, 3.05) is 26.3 Å². The van der Waals surface area contributed by atoms with E-state index in [-0.39, 0.29) is 16.4 Å². The Labute approximate surface area is 152 Å². The number of morpholine rings is 1. The monoisotopic (exact) mass is 373 g/mol. The van der Waals surface area contributed by atoms with Gasteiger partial charge in [-0.15, -0.1) is 0 Å². The number of allylic oxidation sites excluding steroid dienone is 1. The number of rotatable bonds is 5. The van der Waals surface area contributed by atoms with Crippen molar-refractivity contribution in [2.24, 2.45) is 0 Å². The lowest BCUT2D eigenvalue weighted by Crippen LogP contribution is -2.40. The number of ketones is 1. The second-order valence-electron chi connectivity index (χ2n) is 5.83. The van der Waals surface area contributed by atoms with Gasteiger partial charge in [0.05, 0.1) is 18.1 Å². The van der Waals surface area contributed by atoms with Crippen LogP contribution in [0.4, 0.5) is 0 Å². The molecule has 7 heteroatoms. The number of aromatic hydroxyl groups is 1. The van der Waals surface area contributed by atoms with Gasteiger partial charge in [-0.1, -0.05) is 18.2 Å². The zero-order valence-electron chi connectivity index (χ0n) is 14.0. The molecule has 0 aromatic heterocycles. The molecule has 1 saturated heterocycles. The molecule has 1 N–H and O–H groups in total. The number of ether oxygens (including phenoxy) is 1. The molecule has 0 aliphatic carbocycles. The number of carbonyl (C=O) groups excluding carboxylic acids is 1. The lowest BCUT2D eigenvalue weighted by atomic mass is 10.1. The Kier molecular flexibility index (Phi) is 5.51. The van der Waals surface area contributed by atoms with Crippen molar-refractivity contribution < 1.29 is 23.1 Å². The quantitative estimate of drug-likeness (QED) is 0.642. The number of phenolic OH excluding ortho intramolecular Hbond substituents is 1. The van der Waals surface area contributed by atoms with E-state index in [1.54, 1.807) is 18.2 Å². The Balaban J connectivity index is 1.72. The Hall–Kier alpha value is -2.48. The van der Waals surface area contributed by atoms with Gasteiger partial charge in [-0.3, -0.25) is 4.79 Å². The van der Waals surface area contributed by atoms with E-state index in [0.29, 0.717) is 31.9 Å². The van der Waals surface area contributed by atoms with E-state index in [1.807, 2.05) is 0 Å². The molecule has 1 fully saturated rings. The van der Waals surface area contributed by atoms with Crippen LogP contribution in [0.15, 0.2) is 59.5 Å². The predicted octanol–water partition coefficient (Wildman–Crippen LogP) is 2.31. The van der Waals surface area contributed by atoms with Crippen molar-refractivity contribution in [3.63, 3.8) is 0 Å². The van der Waals surface area contributed by atoms with E-state index in [9.17, 15) is 18.3 Å². The molecule has 0 saturated carbocycles. The first-order valence-corrected chi connectivity index (χ1v) is 9.60. The van der Waals surface area contributed by atoms with E-state index in [1.165, 1.54) is 46.8 Å². The molecular formula is C19H19NO5S. The summed E-state index contributed by atoms with van der Waals surface area (Å²) in [7, 11) is -3.56. The maximum absolute atomic E-state index is 12.6. The van der Waals surface area contributed by atoms with Crippen LogP contribution in [0.1, 0.15) is 15.9 Å². The molecule has 0 bridgehead atoms. The van der Waals surface area contributed by atoms with Gasteiger partial charge in [0.25, 0.3) is 0 Å².